The van der Waals surface area contributed by atoms with E-state index in [0.717, 1.165) is 18.9 Å². The number of esters is 1. The molecule has 1 fully saturated rings. The smallest absolute Gasteiger partial charge is 0.354 e. The maximum absolute atomic E-state index is 11.5. The molecule has 0 aromatic rings. The molecule has 0 aromatic heterocycles. The quantitative estimate of drug-likeness (QED) is 0.370. The van der Waals surface area contributed by atoms with Crippen LogP contribution in [0.1, 0.15) is 46.0 Å². The van der Waals surface area contributed by atoms with Crippen LogP contribution in [0.3, 0.4) is 0 Å². The van der Waals surface area contributed by atoms with Crippen LogP contribution in [-0.4, -0.2) is 37.9 Å². The van der Waals surface area contributed by atoms with Crippen molar-refractivity contribution in [3.05, 3.63) is 12.7 Å². The van der Waals surface area contributed by atoms with Crippen molar-refractivity contribution in [2.75, 3.05) is 19.8 Å². The zero-order chi connectivity index (χ0) is 14.8. The number of carbonyl (C=O) groups excluding carboxylic acids is 1. The molecule has 0 aliphatic heterocycles. The van der Waals surface area contributed by atoms with Gasteiger partial charge in [-0.3, -0.25) is 0 Å². The van der Waals surface area contributed by atoms with Crippen molar-refractivity contribution in [2.24, 2.45) is 0 Å². The van der Waals surface area contributed by atoms with Crippen molar-refractivity contribution in [2.45, 2.75) is 58.0 Å². The topological polar surface area (TPSA) is 54.0 Å². The van der Waals surface area contributed by atoms with Crippen LogP contribution in [0.25, 0.3) is 0 Å². The summed E-state index contributed by atoms with van der Waals surface area (Å²) in [4.78, 5) is 11.5. The third kappa shape index (κ3) is 5.61. The first kappa shape index (κ1) is 17.1. The third-order valence-corrected chi connectivity index (χ3v) is 3.20. The van der Waals surface area contributed by atoms with Crippen LogP contribution in [-0.2, 0) is 23.7 Å². The molecule has 20 heavy (non-hydrogen) atoms. The third-order valence-electron chi connectivity index (χ3n) is 3.20. The van der Waals surface area contributed by atoms with E-state index in [1.54, 1.807) is 0 Å². The lowest BCUT2D eigenvalue weighted by molar-refractivity contribution is -0.376. The van der Waals surface area contributed by atoms with Gasteiger partial charge in [0.05, 0.1) is 19.3 Å². The number of carbonyl (C=O) groups is 1. The Morgan fingerprint density at radius 1 is 1.20 bits per heavy atom. The normalized spacial score (nSPS) is 16.9. The summed E-state index contributed by atoms with van der Waals surface area (Å²) in [6, 6.07) is 0. The maximum atomic E-state index is 11.5. The largest absolute Gasteiger partial charge is 0.402 e. The molecule has 0 unspecified atom stereocenters. The minimum absolute atomic E-state index is 0.0823. The van der Waals surface area contributed by atoms with E-state index >= 15 is 0 Å². The lowest BCUT2D eigenvalue weighted by Crippen LogP contribution is -2.46. The second-order valence-corrected chi connectivity index (χ2v) is 4.75. The Morgan fingerprint density at radius 2 is 1.80 bits per heavy atom. The highest BCUT2D eigenvalue weighted by Crippen LogP contribution is 2.24. The van der Waals surface area contributed by atoms with Crippen LogP contribution in [0.2, 0.25) is 0 Å². The van der Waals surface area contributed by atoms with Crippen LogP contribution >= 0.6 is 0 Å². The predicted octanol–water partition coefficient (Wildman–Crippen LogP) is 2.79. The van der Waals surface area contributed by atoms with Gasteiger partial charge in [-0.2, -0.15) is 0 Å². The first-order chi connectivity index (χ1) is 9.65. The minimum Gasteiger partial charge on any atom is -0.402 e. The molecular weight excluding hydrogens is 260 g/mol. The van der Waals surface area contributed by atoms with E-state index in [9.17, 15) is 4.79 Å². The monoisotopic (exact) mass is 286 g/mol. The average molecular weight is 286 g/mol. The van der Waals surface area contributed by atoms with Crippen molar-refractivity contribution < 1.29 is 23.7 Å². The molecule has 0 bridgehead atoms. The van der Waals surface area contributed by atoms with Gasteiger partial charge in [0.1, 0.15) is 6.61 Å². The summed E-state index contributed by atoms with van der Waals surface area (Å²) in [6.45, 7) is 7.82. The van der Waals surface area contributed by atoms with Gasteiger partial charge >= 0.3 is 11.9 Å². The Labute approximate surface area is 121 Å². The fourth-order valence-corrected chi connectivity index (χ4v) is 2.30. The van der Waals surface area contributed by atoms with Gasteiger partial charge in [-0.05, 0) is 26.7 Å². The van der Waals surface area contributed by atoms with Crippen molar-refractivity contribution in [1.82, 2.24) is 0 Å². The summed E-state index contributed by atoms with van der Waals surface area (Å²) in [5.41, 5.74) is 0. The van der Waals surface area contributed by atoms with Crippen molar-refractivity contribution >= 4 is 5.97 Å². The van der Waals surface area contributed by atoms with Crippen molar-refractivity contribution in [3.8, 4) is 0 Å². The van der Waals surface area contributed by atoms with E-state index < -0.39 is 11.9 Å². The zero-order valence-electron chi connectivity index (χ0n) is 12.6. The summed E-state index contributed by atoms with van der Waals surface area (Å²) in [7, 11) is 0. The molecule has 0 atom stereocenters. The van der Waals surface area contributed by atoms with Crippen LogP contribution in [0.4, 0.5) is 0 Å². The van der Waals surface area contributed by atoms with Crippen LogP contribution < -0.4 is 0 Å². The Morgan fingerprint density at radius 3 is 2.30 bits per heavy atom. The van der Waals surface area contributed by atoms with E-state index in [0.29, 0.717) is 13.2 Å². The van der Waals surface area contributed by atoms with E-state index in [4.69, 9.17) is 18.9 Å². The van der Waals surface area contributed by atoms with Gasteiger partial charge in [-0.25, -0.2) is 4.79 Å². The van der Waals surface area contributed by atoms with Gasteiger partial charge in [-0.15, -0.1) is 0 Å². The maximum Gasteiger partial charge on any atom is 0.354 e. The summed E-state index contributed by atoms with van der Waals surface area (Å²) >= 11 is 0. The van der Waals surface area contributed by atoms with Gasteiger partial charge in [0.15, 0.2) is 0 Å². The summed E-state index contributed by atoms with van der Waals surface area (Å²) in [5, 5.41) is 0. The molecule has 0 aromatic carbocycles. The van der Waals surface area contributed by atoms with E-state index in [2.05, 4.69) is 6.58 Å². The number of hydrogen-bond acceptors (Lipinski definition) is 5. The van der Waals surface area contributed by atoms with E-state index in [1.165, 1.54) is 19.3 Å². The molecule has 0 spiro atoms. The van der Waals surface area contributed by atoms with Crippen molar-refractivity contribution in [3.63, 3.8) is 0 Å². The molecule has 1 saturated carbocycles. The van der Waals surface area contributed by atoms with E-state index in [-0.39, 0.29) is 12.7 Å². The standard InChI is InChI=1S/C15H26O5/c1-4-14(16)20-15(18-5-2,19-6-3)12-17-13-10-8-7-9-11-13/h4,13H,1,5-12H2,2-3H3. The second-order valence-electron chi connectivity index (χ2n) is 4.75. The lowest BCUT2D eigenvalue weighted by atomic mass is 9.98. The molecule has 1 rings (SSSR count). The van der Waals surface area contributed by atoms with Crippen LogP contribution in [0, 0.1) is 0 Å². The van der Waals surface area contributed by atoms with Crippen LogP contribution in [0.5, 0.6) is 0 Å². The van der Waals surface area contributed by atoms with Crippen LogP contribution in [0.15, 0.2) is 12.7 Å². The minimum atomic E-state index is -1.47. The molecule has 0 amide bonds. The van der Waals surface area contributed by atoms with Gasteiger partial charge in [0.2, 0.25) is 0 Å². The lowest BCUT2D eigenvalue weighted by Gasteiger charge is -2.33. The number of hydrogen-bond donors (Lipinski definition) is 0. The highest BCUT2D eigenvalue weighted by Gasteiger charge is 2.37. The first-order valence-corrected chi connectivity index (χ1v) is 7.40. The Bertz CT molecular complexity index is 291. The number of rotatable bonds is 9. The molecule has 0 radical (unpaired) electrons. The fraction of sp³-hybridized carbons (Fsp3) is 0.800. The summed E-state index contributed by atoms with van der Waals surface area (Å²) in [6.07, 6.45) is 6.95. The Balaban J connectivity index is 2.62. The molecule has 1 aliphatic rings. The number of ether oxygens (including phenoxy) is 4. The Hall–Kier alpha value is -0.910. The molecule has 1 aliphatic carbocycles. The highest BCUT2D eigenvalue weighted by molar-refractivity contribution is 5.81. The average Bonchev–Trinajstić information content (AvgIpc) is 2.47. The van der Waals surface area contributed by atoms with Gasteiger partial charge in [-0.1, -0.05) is 25.8 Å². The van der Waals surface area contributed by atoms with E-state index in [1.807, 2.05) is 13.8 Å². The zero-order valence-corrected chi connectivity index (χ0v) is 12.6. The van der Waals surface area contributed by atoms with Gasteiger partial charge in [0.25, 0.3) is 0 Å². The SMILES string of the molecule is C=CC(=O)OC(COC1CCCCC1)(OCC)OCC. The van der Waals surface area contributed by atoms with Gasteiger partial charge in [0, 0.05) is 6.08 Å². The van der Waals surface area contributed by atoms with Crippen molar-refractivity contribution in [1.29, 1.82) is 0 Å². The molecule has 5 heteroatoms. The first-order valence-electron chi connectivity index (χ1n) is 7.40. The summed E-state index contributed by atoms with van der Waals surface area (Å²) in [5.74, 6) is -2.05. The molecular formula is C15H26O5. The molecule has 0 saturated heterocycles. The molecule has 0 heterocycles. The highest BCUT2D eigenvalue weighted by atomic mass is 16.9. The molecule has 5 nitrogen and oxygen atoms in total. The molecule has 0 N–H and O–H groups in total. The van der Waals surface area contributed by atoms with Gasteiger partial charge < -0.3 is 18.9 Å². The Kier molecular flexibility index (Phi) is 7.80. The second kappa shape index (κ2) is 9.10. The predicted molar refractivity (Wildman–Crippen MR) is 75.1 cm³/mol. The fourth-order valence-electron chi connectivity index (χ4n) is 2.30. The summed E-state index contributed by atoms with van der Waals surface area (Å²) < 4.78 is 22.1. The molecule has 116 valence electrons.